The normalized spacial score (nSPS) is 31.3. The zero-order valence-electron chi connectivity index (χ0n) is 19.4. The maximum atomic E-state index is 13.1. The van der Waals surface area contributed by atoms with Crippen LogP contribution in [0, 0.1) is 23.2 Å². The maximum Gasteiger partial charge on any atom is 0.380 e. The van der Waals surface area contributed by atoms with Crippen LogP contribution in [0.15, 0.2) is 18.2 Å². The highest BCUT2D eigenvalue weighted by molar-refractivity contribution is 7.84. The van der Waals surface area contributed by atoms with Crippen molar-refractivity contribution in [3.05, 3.63) is 29.3 Å². The topological polar surface area (TPSA) is 98.5 Å². The molecule has 0 spiro atoms. The highest BCUT2D eigenvalue weighted by Crippen LogP contribution is 2.63. The predicted molar refractivity (Wildman–Crippen MR) is 125 cm³/mol. The molecule has 0 radical (unpaired) electrons. The second-order valence-corrected chi connectivity index (χ2v) is 11.5. The molecule has 3 aliphatic rings. The maximum absolute atomic E-state index is 13.1. The molecule has 178 valence electrons. The molecule has 6 nitrogen and oxygen atoms in total. The summed E-state index contributed by atoms with van der Waals surface area (Å²) in [5, 5.41) is 8.27. The summed E-state index contributed by atoms with van der Waals surface area (Å²) in [4.78, 5) is 13.1. The molecule has 1 aromatic carbocycles. The van der Waals surface area contributed by atoms with Gasteiger partial charge in [0.15, 0.2) is 0 Å². The summed E-state index contributed by atoms with van der Waals surface area (Å²) in [5.74, 6) is 2.34. The van der Waals surface area contributed by atoms with E-state index < -0.39 is 10.3 Å². The molecule has 2 saturated carbocycles. The van der Waals surface area contributed by atoms with E-state index in [1.54, 1.807) is 6.07 Å². The highest BCUT2D eigenvalue weighted by atomic mass is 32.2. The quantitative estimate of drug-likeness (QED) is 0.558. The molecule has 2 fully saturated rings. The van der Waals surface area contributed by atoms with Crippen LogP contribution >= 0.6 is 0 Å². The Morgan fingerprint density at radius 2 is 2.00 bits per heavy atom. The van der Waals surface area contributed by atoms with Gasteiger partial charge in [0, 0.05) is 12.5 Å². The number of hydrogen-bond donors (Lipinski definition) is 2. The third kappa shape index (κ3) is 4.69. The summed E-state index contributed by atoms with van der Waals surface area (Å²) in [5.41, 5.74) is 2.59. The van der Waals surface area contributed by atoms with Gasteiger partial charge in [-0.2, -0.15) is 13.6 Å². The summed E-state index contributed by atoms with van der Waals surface area (Å²) < 4.78 is 27.4. The number of nitrogens with one attached hydrogen (secondary N) is 1. The van der Waals surface area contributed by atoms with Crippen molar-refractivity contribution in [3.8, 4) is 5.75 Å². The minimum atomic E-state index is -4.01. The van der Waals surface area contributed by atoms with Crippen LogP contribution in [0.3, 0.4) is 0 Å². The Hall–Kier alpha value is -1.60. The van der Waals surface area contributed by atoms with Crippen molar-refractivity contribution in [2.45, 2.75) is 84.0 Å². The molecule has 0 saturated heterocycles. The lowest BCUT2D eigenvalue weighted by molar-refractivity contribution is -0.130. The Bertz CT molecular complexity index is 947. The Kier molecular flexibility index (Phi) is 6.87. The van der Waals surface area contributed by atoms with E-state index >= 15 is 0 Å². The van der Waals surface area contributed by atoms with Gasteiger partial charge in [-0.3, -0.25) is 4.79 Å². The lowest BCUT2D eigenvalue weighted by Crippen LogP contribution is -2.46. The van der Waals surface area contributed by atoms with E-state index in [4.69, 9.17) is 9.32 Å². The largest absolute Gasteiger partial charge is 0.380 e. The molecule has 1 amide bonds. The van der Waals surface area contributed by atoms with Crippen molar-refractivity contribution in [3.63, 3.8) is 0 Å². The number of aryl methyl sites for hydroxylation is 1. The summed E-state index contributed by atoms with van der Waals surface area (Å²) in [6, 6.07) is 5.60. The smallest absolute Gasteiger partial charge is 0.371 e. The monoisotopic (exact) mass is 462 g/mol. The second-order valence-electron chi connectivity index (χ2n) is 10.4. The Labute approximate surface area is 192 Å². The van der Waals surface area contributed by atoms with Crippen LogP contribution in [0.5, 0.6) is 5.75 Å². The lowest BCUT2D eigenvalue weighted by atomic mass is 9.54. The molecule has 3 aliphatic carbocycles. The molecule has 5 atom stereocenters. The standard InChI is InChI=1S/C25H38N2O4S/c1-3-4-5-6-15-27-24(28)23-12-11-22-21-9-7-17-16-18(31-32(26,29)30)8-10-19(17)20(21)13-14-25(22,23)2/h8,10,16,20-23H,3-7,9,11-15H2,1-2H3,(H,27,28)(H2,26,29,30)/t20-,21-,22+,23-,25+/m1/s1. The van der Waals surface area contributed by atoms with Crippen molar-refractivity contribution < 1.29 is 17.4 Å². The summed E-state index contributed by atoms with van der Waals surface area (Å²) in [6.07, 6.45) is 11.0. The van der Waals surface area contributed by atoms with E-state index in [2.05, 4.69) is 19.2 Å². The van der Waals surface area contributed by atoms with Gasteiger partial charge in [0.1, 0.15) is 5.75 Å². The fourth-order valence-electron chi connectivity index (χ4n) is 7.06. The van der Waals surface area contributed by atoms with Gasteiger partial charge in [-0.15, -0.1) is 0 Å². The molecule has 0 unspecified atom stereocenters. The third-order valence-electron chi connectivity index (χ3n) is 8.56. The molecule has 7 heteroatoms. The van der Waals surface area contributed by atoms with Crippen LogP contribution in [-0.2, 0) is 21.5 Å². The number of fused-ring (bicyclic) bond motifs is 5. The van der Waals surface area contributed by atoms with Crippen LogP contribution in [0.25, 0.3) is 0 Å². The van der Waals surface area contributed by atoms with Crippen LogP contribution in [0.1, 0.15) is 88.7 Å². The zero-order valence-corrected chi connectivity index (χ0v) is 20.3. The number of rotatable bonds is 8. The van der Waals surface area contributed by atoms with Gasteiger partial charge in [-0.1, -0.05) is 39.2 Å². The van der Waals surface area contributed by atoms with E-state index in [1.165, 1.54) is 30.4 Å². The van der Waals surface area contributed by atoms with Crippen molar-refractivity contribution in [1.29, 1.82) is 0 Å². The molecule has 32 heavy (non-hydrogen) atoms. The molecule has 0 heterocycles. The molecular formula is C25H38N2O4S. The van der Waals surface area contributed by atoms with E-state index in [-0.39, 0.29) is 17.2 Å². The van der Waals surface area contributed by atoms with Gasteiger partial charge < -0.3 is 9.50 Å². The number of amides is 1. The summed E-state index contributed by atoms with van der Waals surface area (Å²) in [7, 11) is -4.01. The summed E-state index contributed by atoms with van der Waals surface area (Å²) in [6.45, 7) is 5.37. The van der Waals surface area contributed by atoms with Gasteiger partial charge in [0.05, 0.1) is 0 Å². The van der Waals surface area contributed by atoms with Crippen LogP contribution in [0.2, 0.25) is 0 Å². The Morgan fingerprint density at radius 3 is 2.75 bits per heavy atom. The number of nitrogens with two attached hydrogens (primary N) is 1. The second kappa shape index (κ2) is 9.34. The number of unbranched alkanes of at least 4 members (excludes halogenated alkanes) is 3. The van der Waals surface area contributed by atoms with Crippen LogP contribution < -0.4 is 14.6 Å². The molecule has 0 bridgehead atoms. The lowest BCUT2D eigenvalue weighted by Gasteiger charge is -2.50. The first-order valence-corrected chi connectivity index (χ1v) is 13.8. The average Bonchev–Trinajstić information content (AvgIpc) is 3.09. The van der Waals surface area contributed by atoms with E-state index in [0.29, 0.717) is 23.5 Å². The number of hydrogen-bond acceptors (Lipinski definition) is 4. The molecular weight excluding hydrogens is 424 g/mol. The van der Waals surface area contributed by atoms with Crippen molar-refractivity contribution >= 4 is 16.2 Å². The minimum Gasteiger partial charge on any atom is -0.371 e. The average molecular weight is 463 g/mol. The first kappa shape index (κ1) is 23.6. The first-order valence-electron chi connectivity index (χ1n) is 12.4. The molecule has 1 aromatic rings. The van der Waals surface area contributed by atoms with Crippen LogP contribution in [0.4, 0.5) is 0 Å². The zero-order chi connectivity index (χ0) is 22.9. The number of benzene rings is 1. The van der Waals surface area contributed by atoms with Gasteiger partial charge in [-0.25, -0.2) is 0 Å². The predicted octanol–water partition coefficient (Wildman–Crippen LogP) is 4.44. The summed E-state index contributed by atoms with van der Waals surface area (Å²) >= 11 is 0. The first-order chi connectivity index (χ1) is 15.2. The molecule has 3 N–H and O–H groups in total. The number of carbonyl (C=O) groups is 1. The van der Waals surface area contributed by atoms with E-state index in [9.17, 15) is 13.2 Å². The van der Waals surface area contributed by atoms with Crippen molar-refractivity contribution in [1.82, 2.24) is 5.32 Å². The third-order valence-corrected chi connectivity index (χ3v) is 8.98. The molecule has 0 aromatic heterocycles. The van der Waals surface area contributed by atoms with Gasteiger partial charge in [0.25, 0.3) is 0 Å². The van der Waals surface area contributed by atoms with Crippen molar-refractivity contribution in [2.24, 2.45) is 28.3 Å². The molecule has 4 rings (SSSR count). The number of carbonyl (C=O) groups excluding carboxylic acids is 1. The van der Waals surface area contributed by atoms with Gasteiger partial charge >= 0.3 is 10.3 Å². The minimum absolute atomic E-state index is 0.0862. The molecule has 0 aliphatic heterocycles. The Morgan fingerprint density at radius 1 is 1.19 bits per heavy atom. The van der Waals surface area contributed by atoms with Gasteiger partial charge in [0.2, 0.25) is 5.91 Å². The van der Waals surface area contributed by atoms with E-state index in [1.807, 2.05) is 12.1 Å². The van der Waals surface area contributed by atoms with Crippen molar-refractivity contribution in [2.75, 3.05) is 6.54 Å². The highest BCUT2D eigenvalue weighted by Gasteiger charge is 2.56. The van der Waals surface area contributed by atoms with Crippen LogP contribution in [-0.4, -0.2) is 20.9 Å². The Balaban J connectivity index is 1.44. The van der Waals surface area contributed by atoms with E-state index in [0.717, 1.165) is 51.5 Å². The fourth-order valence-corrected chi connectivity index (χ4v) is 7.43. The fraction of sp³-hybridized carbons (Fsp3) is 0.720. The SMILES string of the molecule is CCCCCCNC(=O)[C@H]1CC[C@H]2[C@@H]3CCc4cc(OS(N)(=O)=O)ccc4[C@H]3CC[C@]12C. The van der Waals surface area contributed by atoms with Gasteiger partial charge in [-0.05, 0) is 91.4 Å².